The van der Waals surface area contributed by atoms with Gasteiger partial charge in [0.1, 0.15) is 6.04 Å². The molecule has 86 valence electrons. The zero-order valence-corrected chi connectivity index (χ0v) is 9.78. The monoisotopic (exact) mass is 213 g/mol. The maximum Gasteiger partial charge on any atom is 0.320 e. The van der Waals surface area contributed by atoms with Crippen molar-refractivity contribution in [2.24, 2.45) is 5.92 Å². The average Bonchev–Trinajstić information content (AvgIpc) is 2.15. The van der Waals surface area contributed by atoms with E-state index in [0.29, 0.717) is 13.1 Å². The van der Waals surface area contributed by atoms with Gasteiger partial charge in [0, 0.05) is 27.2 Å². The molecule has 0 aromatic heterocycles. The van der Waals surface area contributed by atoms with E-state index < -0.39 is 0 Å². The first kappa shape index (κ1) is 11.8. The summed E-state index contributed by atoms with van der Waals surface area (Å²) in [6, 6.07) is -0.433. The van der Waals surface area contributed by atoms with Gasteiger partial charge in [0.2, 0.25) is 5.91 Å². The number of carbonyl (C=O) groups excluding carboxylic acids is 2. The van der Waals surface area contributed by atoms with Gasteiger partial charge in [-0.25, -0.2) is 4.79 Å². The highest BCUT2D eigenvalue weighted by molar-refractivity contribution is 5.88. The molecule has 1 fully saturated rings. The maximum atomic E-state index is 11.8. The van der Waals surface area contributed by atoms with Crippen molar-refractivity contribution in [1.29, 1.82) is 0 Å². The molecule has 1 atom stereocenters. The number of urea groups is 1. The summed E-state index contributed by atoms with van der Waals surface area (Å²) < 4.78 is 0. The Morgan fingerprint density at radius 1 is 1.53 bits per heavy atom. The molecule has 1 rings (SSSR count). The molecule has 1 unspecified atom stereocenters. The van der Waals surface area contributed by atoms with E-state index in [1.54, 1.807) is 19.0 Å². The molecule has 0 bridgehead atoms. The SMILES string of the molecule is CC(C)C1C(=O)NCCN1C(=O)N(C)C. The van der Waals surface area contributed by atoms with Crippen molar-refractivity contribution in [3.8, 4) is 0 Å². The number of rotatable bonds is 1. The first-order chi connectivity index (χ1) is 6.95. The number of hydrogen-bond donors (Lipinski definition) is 1. The van der Waals surface area contributed by atoms with Gasteiger partial charge in [-0.1, -0.05) is 13.8 Å². The minimum absolute atomic E-state index is 0.0496. The minimum atomic E-state index is -0.339. The molecule has 3 amide bonds. The van der Waals surface area contributed by atoms with E-state index in [9.17, 15) is 9.59 Å². The first-order valence-corrected chi connectivity index (χ1v) is 5.20. The fourth-order valence-corrected chi connectivity index (χ4v) is 1.82. The van der Waals surface area contributed by atoms with Gasteiger partial charge in [-0.3, -0.25) is 4.79 Å². The Labute approximate surface area is 90.4 Å². The Hall–Kier alpha value is -1.26. The number of amides is 3. The van der Waals surface area contributed by atoms with Crippen LogP contribution in [0.4, 0.5) is 4.79 Å². The molecule has 1 heterocycles. The normalized spacial score (nSPS) is 21.5. The van der Waals surface area contributed by atoms with Crippen LogP contribution in [-0.4, -0.2) is 55.0 Å². The predicted octanol–water partition coefficient (Wildman–Crippen LogP) is 0.124. The molecule has 5 nitrogen and oxygen atoms in total. The molecule has 1 saturated heterocycles. The second kappa shape index (κ2) is 4.51. The van der Waals surface area contributed by atoms with Gasteiger partial charge < -0.3 is 15.1 Å². The molecule has 1 aliphatic rings. The summed E-state index contributed by atoms with van der Waals surface area (Å²) in [7, 11) is 3.40. The zero-order valence-electron chi connectivity index (χ0n) is 9.78. The third-order valence-electron chi connectivity index (χ3n) is 2.52. The van der Waals surface area contributed by atoms with Gasteiger partial charge in [-0.15, -0.1) is 0 Å². The number of hydrogen-bond acceptors (Lipinski definition) is 2. The molecule has 15 heavy (non-hydrogen) atoms. The summed E-state index contributed by atoms with van der Waals surface area (Å²) in [5.41, 5.74) is 0. The van der Waals surface area contributed by atoms with Crippen molar-refractivity contribution in [3.63, 3.8) is 0 Å². The van der Waals surface area contributed by atoms with Crippen LogP contribution in [-0.2, 0) is 4.79 Å². The van der Waals surface area contributed by atoms with Crippen LogP contribution < -0.4 is 5.32 Å². The highest BCUT2D eigenvalue weighted by Crippen LogP contribution is 2.15. The lowest BCUT2D eigenvalue weighted by Gasteiger charge is -2.38. The lowest BCUT2D eigenvalue weighted by atomic mass is 10.00. The van der Waals surface area contributed by atoms with Gasteiger partial charge in [0.15, 0.2) is 0 Å². The number of piperazine rings is 1. The van der Waals surface area contributed by atoms with Crippen molar-refractivity contribution in [2.45, 2.75) is 19.9 Å². The Morgan fingerprint density at radius 3 is 2.60 bits per heavy atom. The summed E-state index contributed by atoms with van der Waals surface area (Å²) in [6.45, 7) is 5.03. The van der Waals surface area contributed by atoms with Gasteiger partial charge >= 0.3 is 6.03 Å². The molecule has 0 spiro atoms. The van der Waals surface area contributed by atoms with Crippen molar-refractivity contribution in [2.75, 3.05) is 27.2 Å². The smallest absolute Gasteiger partial charge is 0.320 e. The highest BCUT2D eigenvalue weighted by atomic mass is 16.2. The summed E-state index contributed by atoms with van der Waals surface area (Å²) in [6.07, 6.45) is 0. The van der Waals surface area contributed by atoms with Gasteiger partial charge in [0.25, 0.3) is 0 Å². The number of nitrogens with zero attached hydrogens (tertiary/aromatic N) is 2. The van der Waals surface area contributed by atoms with Gasteiger partial charge in [0.05, 0.1) is 0 Å². The van der Waals surface area contributed by atoms with E-state index in [4.69, 9.17) is 0 Å². The Morgan fingerprint density at radius 2 is 2.13 bits per heavy atom. The topological polar surface area (TPSA) is 52.7 Å². The molecule has 0 radical (unpaired) electrons. The molecule has 5 heteroatoms. The van der Waals surface area contributed by atoms with Crippen LogP contribution >= 0.6 is 0 Å². The maximum absolute atomic E-state index is 11.8. The van der Waals surface area contributed by atoms with Crippen LogP contribution in [0.2, 0.25) is 0 Å². The quantitative estimate of drug-likeness (QED) is 0.673. The summed E-state index contributed by atoms with van der Waals surface area (Å²) in [5, 5.41) is 2.79. The standard InChI is InChI=1S/C10H19N3O2/c1-7(2)8-9(14)11-5-6-13(8)10(15)12(3)4/h7-8H,5-6H2,1-4H3,(H,11,14). The highest BCUT2D eigenvalue weighted by Gasteiger charge is 2.35. The largest absolute Gasteiger partial charge is 0.353 e. The van der Waals surface area contributed by atoms with E-state index in [1.807, 2.05) is 13.8 Å². The van der Waals surface area contributed by atoms with Crippen molar-refractivity contribution < 1.29 is 9.59 Å². The summed E-state index contributed by atoms with van der Waals surface area (Å²) >= 11 is 0. The fourth-order valence-electron chi connectivity index (χ4n) is 1.82. The molecule has 0 aliphatic carbocycles. The molecule has 0 saturated carbocycles. The molecule has 0 aromatic carbocycles. The second-order valence-corrected chi connectivity index (χ2v) is 4.35. The van der Waals surface area contributed by atoms with E-state index in [2.05, 4.69) is 5.32 Å². The summed E-state index contributed by atoms with van der Waals surface area (Å²) in [4.78, 5) is 26.6. The molecule has 1 aliphatic heterocycles. The summed E-state index contributed by atoms with van der Waals surface area (Å²) in [5.74, 6) is 0.0839. The first-order valence-electron chi connectivity index (χ1n) is 5.20. The van der Waals surface area contributed by atoms with Crippen LogP contribution in [0.1, 0.15) is 13.8 Å². The second-order valence-electron chi connectivity index (χ2n) is 4.35. The Kier molecular flexibility index (Phi) is 3.55. The van der Waals surface area contributed by atoms with Crippen LogP contribution in [0.25, 0.3) is 0 Å². The van der Waals surface area contributed by atoms with Crippen LogP contribution in [0.3, 0.4) is 0 Å². The molecular formula is C10H19N3O2. The Balaban J connectivity index is 2.84. The van der Waals surface area contributed by atoms with Crippen molar-refractivity contribution >= 4 is 11.9 Å². The Bertz CT molecular complexity index is 263. The minimum Gasteiger partial charge on any atom is -0.353 e. The van der Waals surface area contributed by atoms with Crippen LogP contribution in [0, 0.1) is 5.92 Å². The van der Waals surface area contributed by atoms with Crippen LogP contribution in [0.5, 0.6) is 0 Å². The van der Waals surface area contributed by atoms with Gasteiger partial charge in [-0.2, -0.15) is 0 Å². The van der Waals surface area contributed by atoms with Crippen LogP contribution in [0.15, 0.2) is 0 Å². The average molecular weight is 213 g/mol. The van der Waals surface area contributed by atoms with Crippen molar-refractivity contribution in [3.05, 3.63) is 0 Å². The molecule has 1 N–H and O–H groups in total. The lowest BCUT2D eigenvalue weighted by Crippen LogP contribution is -2.60. The fraction of sp³-hybridized carbons (Fsp3) is 0.800. The van der Waals surface area contributed by atoms with E-state index in [0.717, 1.165) is 0 Å². The zero-order chi connectivity index (χ0) is 11.6. The number of nitrogens with one attached hydrogen (secondary N) is 1. The third kappa shape index (κ3) is 2.40. The van der Waals surface area contributed by atoms with E-state index in [1.165, 1.54) is 4.90 Å². The third-order valence-corrected chi connectivity index (χ3v) is 2.52. The number of carbonyl (C=O) groups is 2. The van der Waals surface area contributed by atoms with Crippen molar-refractivity contribution in [1.82, 2.24) is 15.1 Å². The van der Waals surface area contributed by atoms with Gasteiger partial charge in [-0.05, 0) is 5.92 Å². The van der Waals surface area contributed by atoms with E-state index in [-0.39, 0.29) is 23.9 Å². The molecule has 0 aromatic rings. The predicted molar refractivity (Wildman–Crippen MR) is 57.4 cm³/mol. The lowest BCUT2D eigenvalue weighted by molar-refractivity contribution is -0.129. The van der Waals surface area contributed by atoms with E-state index >= 15 is 0 Å². The molecular weight excluding hydrogens is 194 g/mol.